The molecule has 18 heavy (non-hydrogen) atoms. The van der Waals surface area contributed by atoms with E-state index in [1.807, 2.05) is 0 Å². The number of ether oxygens (including phenoxy) is 2. The third kappa shape index (κ3) is 3.46. The summed E-state index contributed by atoms with van der Waals surface area (Å²) in [6, 6.07) is 10.1. The minimum atomic E-state index is -0.481. The van der Waals surface area contributed by atoms with Crippen molar-refractivity contribution in [2.75, 3.05) is 6.79 Å². The molecule has 0 atom stereocenters. The van der Waals surface area contributed by atoms with Crippen molar-refractivity contribution in [2.45, 2.75) is 0 Å². The van der Waals surface area contributed by atoms with Crippen LogP contribution >= 0.6 is 11.6 Å². The number of nitrogens with zero attached hydrogens (tertiary/aromatic N) is 1. The summed E-state index contributed by atoms with van der Waals surface area (Å²) < 4.78 is 10.2. The van der Waals surface area contributed by atoms with Crippen molar-refractivity contribution < 1.29 is 14.3 Å². The Kier molecular flexibility index (Phi) is 4.15. The molecule has 0 radical (unpaired) electrons. The third-order valence-electron chi connectivity index (χ3n) is 2.11. The number of esters is 1. The normalized spacial score (nSPS) is 9.83. The van der Waals surface area contributed by atoms with Gasteiger partial charge in [-0.3, -0.25) is 4.98 Å². The molecule has 2 aromatic rings. The molecule has 0 aliphatic rings. The average Bonchev–Trinajstić information content (AvgIpc) is 2.40. The highest BCUT2D eigenvalue weighted by Gasteiger charge is 2.06. The topological polar surface area (TPSA) is 48.4 Å². The summed E-state index contributed by atoms with van der Waals surface area (Å²) in [7, 11) is 0. The van der Waals surface area contributed by atoms with Crippen LogP contribution in [0.4, 0.5) is 0 Å². The molecule has 0 saturated carbocycles. The van der Waals surface area contributed by atoms with Gasteiger partial charge < -0.3 is 9.47 Å². The van der Waals surface area contributed by atoms with E-state index in [0.717, 1.165) is 0 Å². The maximum absolute atomic E-state index is 11.5. The Morgan fingerprint density at radius 2 is 2.17 bits per heavy atom. The zero-order chi connectivity index (χ0) is 12.8. The molecular formula is C13H10ClNO3. The lowest BCUT2D eigenvalue weighted by atomic mass is 10.3. The SMILES string of the molecule is O=C(OCOc1cccc(Cl)c1)c1cccnc1. The van der Waals surface area contributed by atoms with Crippen LogP contribution in [0.3, 0.4) is 0 Å². The van der Waals surface area contributed by atoms with Gasteiger partial charge in [0.25, 0.3) is 0 Å². The van der Waals surface area contributed by atoms with Crippen LogP contribution in [0.1, 0.15) is 10.4 Å². The molecule has 5 heteroatoms. The molecule has 0 aliphatic carbocycles. The molecule has 92 valence electrons. The van der Waals surface area contributed by atoms with Crippen LogP contribution in [0.2, 0.25) is 5.02 Å². The van der Waals surface area contributed by atoms with E-state index in [9.17, 15) is 4.79 Å². The highest BCUT2D eigenvalue weighted by atomic mass is 35.5. The number of pyridine rings is 1. The van der Waals surface area contributed by atoms with Crippen LogP contribution in [-0.4, -0.2) is 17.7 Å². The Hall–Kier alpha value is -2.07. The number of carbonyl (C=O) groups excluding carboxylic acids is 1. The third-order valence-corrected chi connectivity index (χ3v) is 2.34. The number of rotatable bonds is 4. The van der Waals surface area contributed by atoms with Gasteiger partial charge in [0.2, 0.25) is 6.79 Å². The monoisotopic (exact) mass is 263 g/mol. The van der Waals surface area contributed by atoms with E-state index in [1.54, 1.807) is 42.6 Å². The van der Waals surface area contributed by atoms with Crippen LogP contribution in [0.15, 0.2) is 48.8 Å². The van der Waals surface area contributed by atoms with E-state index < -0.39 is 5.97 Å². The minimum Gasteiger partial charge on any atom is -0.457 e. The van der Waals surface area contributed by atoms with Gasteiger partial charge in [-0.1, -0.05) is 17.7 Å². The number of hydrogen-bond acceptors (Lipinski definition) is 4. The molecule has 0 unspecified atom stereocenters. The molecule has 0 aliphatic heterocycles. The number of benzene rings is 1. The van der Waals surface area contributed by atoms with Gasteiger partial charge in [-0.15, -0.1) is 0 Å². The van der Waals surface area contributed by atoms with Crippen molar-refractivity contribution in [2.24, 2.45) is 0 Å². The molecule has 0 fully saturated rings. The largest absolute Gasteiger partial charge is 0.457 e. The first kappa shape index (κ1) is 12.4. The first-order chi connectivity index (χ1) is 8.75. The van der Waals surface area contributed by atoms with Gasteiger partial charge in [0.15, 0.2) is 0 Å². The summed E-state index contributed by atoms with van der Waals surface area (Å²) in [5.74, 6) is 0.0617. The molecule has 0 saturated heterocycles. The molecule has 1 aromatic carbocycles. The minimum absolute atomic E-state index is 0.173. The van der Waals surface area contributed by atoms with Crippen LogP contribution in [0.5, 0.6) is 5.75 Å². The smallest absolute Gasteiger partial charge is 0.342 e. The maximum atomic E-state index is 11.5. The summed E-state index contributed by atoms with van der Waals surface area (Å²) in [6.45, 7) is -0.173. The highest BCUT2D eigenvalue weighted by molar-refractivity contribution is 6.30. The van der Waals surface area contributed by atoms with Crippen molar-refractivity contribution >= 4 is 17.6 Å². The van der Waals surface area contributed by atoms with Gasteiger partial charge in [0.05, 0.1) is 5.56 Å². The summed E-state index contributed by atoms with van der Waals surface area (Å²) in [4.78, 5) is 15.4. The Morgan fingerprint density at radius 1 is 1.28 bits per heavy atom. The van der Waals surface area contributed by atoms with E-state index in [2.05, 4.69) is 4.98 Å². The summed E-state index contributed by atoms with van der Waals surface area (Å²) in [5.41, 5.74) is 0.382. The van der Waals surface area contributed by atoms with Crippen molar-refractivity contribution in [1.29, 1.82) is 0 Å². The number of hydrogen-bond donors (Lipinski definition) is 0. The summed E-state index contributed by atoms with van der Waals surface area (Å²) in [6.07, 6.45) is 3.01. The van der Waals surface area contributed by atoms with Crippen molar-refractivity contribution in [3.8, 4) is 5.75 Å². The number of halogens is 1. The first-order valence-corrected chi connectivity index (χ1v) is 5.59. The highest BCUT2D eigenvalue weighted by Crippen LogP contribution is 2.17. The van der Waals surface area contributed by atoms with Crippen molar-refractivity contribution in [3.05, 3.63) is 59.4 Å². The van der Waals surface area contributed by atoms with Crippen molar-refractivity contribution in [3.63, 3.8) is 0 Å². The molecule has 0 spiro atoms. The lowest BCUT2D eigenvalue weighted by molar-refractivity contribution is 0.0154. The van der Waals surface area contributed by atoms with Crippen molar-refractivity contribution in [1.82, 2.24) is 4.98 Å². The maximum Gasteiger partial charge on any atom is 0.342 e. The van der Waals surface area contributed by atoms with Crippen LogP contribution in [0.25, 0.3) is 0 Å². The quantitative estimate of drug-likeness (QED) is 0.629. The van der Waals surface area contributed by atoms with E-state index in [-0.39, 0.29) is 6.79 Å². The van der Waals surface area contributed by atoms with E-state index >= 15 is 0 Å². The van der Waals surface area contributed by atoms with Gasteiger partial charge >= 0.3 is 5.97 Å². The van der Waals surface area contributed by atoms with Crippen LogP contribution < -0.4 is 4.74 Å². The van der Waals surface area contributed by atoms with Gasteiger partial charge in [-0.25, -0.2) is 4.79 Å². The molecular weight excluding hydrogens is 254 g/mol. The molecule has 1 aromatic heterocycles. The van der Waals surface area contributed by atoms with Gasteiger partial charge in [-0.2, -0.15) is 0 Å². The number of carbonyl (C=O) groups is 1. The fourth-order valence-electron chi connectivity index (χ4n) is 1.27. The second-order valence-electron chi connectivity index (χ2n) is 3.39. The summed E-state index contributed by atoms with van der Waals surface area (Å²) >= 11 is 5.79. The Morgan fingerprint density at radius 3 is 2.89 bits per heavy atom. The molecule has 0 bridgehead atoms. The molecule has 0 N–H and O–H groups in total. The van der Waals surface area contributed by atoms with E-state index in [4.69, 9.17) is 21.1 Å². The van der Waals surface area contributed by atoms with E-state index in [0.29, 0.717) is 16.3 Å². The standard InChI is InChI=1S/C13H10ClNO3/c14-11-4-1-5-12(7-11)17-9-18-13(16)10-3-2-6-15-8-10/h1-8H,9H2. The van der Waals surface area contributed by atoms with Gasteiger partial charge in [-0.05, 0) is 30.3 Å². The van der Waals surface area contributed by atoms with E-state index in [1.165, 1.54) is 6.20 Å². The fraction of sp³-hybridized carbons (Fsp3) is 0.0769. The summed E-state index contributed by atoms with van der Waals surface area (Å²) in [5, 5.41) is 0.561. The lowest BCUT2D eigenvalue weighted by Gasteiger charge is -2.07. The molecule has 4 nitrogen and oxygen atoms in total. The average molecular weight is 264 g/mol. The lowest BCUT2D eigenvalue weighted by Crippen LogP contribution is -2.10. The zero-order valence-corrected chi connectivity index (χ0v) is 10.1. The predicted molar refractivity (Wildman–Crippen MR) is 66.6 cm³/mol. The predicted octanol–water partition coefficient (Wildman–Crippen LogP) is 2.93. The van der Waals surface area contributed by atoms with Gasteiger partial charge in [0, 0.05) is 17.4 Å². The second-order valence-corrected chi connectivity index (χ2v) is 3.83. The first-order valence-electron chi connectivity index (χ1n) is 5.21. The number of aromatic nitrogens is 1. The molecule has 1 heterocycles. The van der Waals surface area contributed by atoms with Gasteiger partial charge in [0.1, 0.15) is 5.75 Å². The zero-order valence-electron chi connectivity index (χ0n) is 9.38. The Bertz CT molecular complexity index is 531. The Labute approximate surface area is 109 Å². The molecule has 0 amide bonds. The second kappa shape index (κ2) is 6.02. The fourth-order valence-corrected chi connectivity index (χ4v) is 1.45. The van der Waals surface area contributed by atoms with Crippen LogP contribution in [-0.2, 0) is 4.74 Å². The van der Waals surface area contributed by atoms with Crippen LogP contribution in [0, 0.1) is 0 Å². The molecule has 2 rings (SSSR count). The Balaban J connectivity index is 1.84.